The molecule has 148 valence electrons. The molecule has 0 aliphatic rings. The minimum absolute atomic E-state index is 0.0305. The summed E-state index contributed by atoms with van der Waals surface area (Å²) in [7, 11) is -3.72. The van der Waals surface area contributed by atoms with Gasteiger partial charge in [0.2, 0.25) is 5.91 Å². The van der Waals surface area contributed by atoms with Crippen LogP contribution in [0.4, 0.5) is 4.39 Å². The number of hydrogen-bond donors (Lipinski definition) is 1. The van der Waals surface area contributed by atoms with E-state index >= 15 is 0 Å². The van der Waals surface area contributed by atoms with Gasteiger partial charge in [0, 0.05) is 23.6 Å². The van der Waals surface area contributed by atoms with Crippen LogP contribution in [-0.4, -0.2) is 25.4 Å². The van der Waals surface area contributed by atoms with Crippen LogP contribution in [0.1, 0.15) is 19.4 Å². The number of rotatable bonds is 7. The summed E-state index contributed by atoms with van der Waals surface area (Å²) in [6.45, 7) is 4.59. The van der Waals surface area contributed by atoms with Gasteiger partial charge in [-0.2, -0.15) is 0 Å². The second kappa shape index (κ2) is 8.14. The van der Waals surface area contributed by atoms with Gasteiger partial charge in [0.1, 0.15) is 12.4 Å². The van der Waals surface area contributed by atoms with Gasteiger partial charge >= 0.3 is 0 Å². The number of nitrogens with one attached hydrogen (secondary N) is 1. The van der Waals surface area contributed by atoms with Crippen LogP contribution in [0.3, 0.4) is 0 Å². The van der Waals surface area contributed by atoms with E-state index in [0.717, 1.165) is 0 Å². The molecule has 2 aromatic carbocycles. The maximum Gasteiger partial charge on any atom is 0.239 e. The molecule has 0 radical (unpaired) electrons. The number of benzene rings is 2. The Morgan fingerprint density at radius 3 is 2.61 bits per heavy atom. The molecule has 1 heterocycles. The third-order valence-electron chi connectivity index (χ3n) is 4.35. The summed E-state index contributed by atoms with van der Waals surface area (Å²) in [5.41, 5.74) is 1.05. The highest BCUT2D eigenvalue weighted by atomic mass is 32.2. The van der Waals surface area contributed by atoms with Crippen molar-refractivity contribution in [1.82, 2.24) is 9.88 Å². The third-order valence-corrected chi connectivity index (χ3v) is 6.06. The number of carbonyl (C=O) groups excluding carboxylic acids is 1. The maximum absolute atomic E-state index is 13.4. The zero-order chi connectivity index (χ0) is 20.3. The Hall–Kier alpha value is -2.67. The summed E-state index contributed by atoms with van der Waals surface area (Å²) in [4.78, 5) is 12.4. The van der Waals surface area contributed by atoms with Gasteiger partial charge in [-0.25, -0.2) is 12.8 Å². The average Bonchev–Trinajstić information content (AvgIpc) is 2.99. The van der Waals surface area contributed by atoms with Gasteiger partial charge in [-0.05, 0) is 29.7 Å². The largest absolute Gasteiger partial charge is 0.354 e. The fraction of sp³-hybridized carbons (Fsp3) is 0.286. The first-order valence-corrected chi connectivity index (χ1v) is 10.7. The number of sulfone groups is 1. The monoisotopic (exact) mass is 402 g/mol. The number of amides is 1. The standard InChI is InChI=1S/C21H23FN2O3S/c1-15(2)11-23-21(25)13-24-12-20(18-8-3-4-9-19(18)24)28(26,27)14-16-6-5-7-17(22)10-16/h3-10,12,15H,11,13-14H2,1-2H3,(H,23,25). The topological polar surface area (TPSA) is 68.2 Å². The van der Waals surface area contributed by atoms with Crippen molar-refractivity contribution < 1.29 is 17.6 Å². The summed E-state index contributed by atoms with van der Waals surface area (Å²) in [6.07, 6.45) is 1.49. The van der Waals surface area contributed by atoms with Crippen LogP contribution in [0.15, 0.2) is 59.6 Å². The molecule has 3 aromatic rings. The Bertz CT molecular complexity index is 1100. The average molecular weight is 402 g/mol. The number of nitrogens with zero attached hydrogens (tertiary/aromatic N) is 1. The lowest BCUT2D eigenvalue weighted by molar-refractivity contribution is -0.121. The SMILES string of the molecule is CC(C)CNC(=O)Cn1cc(S(=O)(=O)Cc2cccc(F)c2)c2ccccc21. The highest BCUT2D eigenvalue weighted by molar-refractivity contribution is 7.90. The first kappa shape index (κ1) is 20.1. The van der Waals surface area contributed by atoms with Crippen LogP contribution >= 0.6 is 0 Å². The predicted octanol–water partition coefficient (Wildman–Crippen LogP) is 3.53. The molecule has 28 heavy (non-hydrogen) atoms. The summed E-state index contributed by atoms with van der Waals surface area (Å²) in [5, 5.41) is 3.39. The molecule has 0 spiro atoms. The van der Waals surface area contributed by atoms with Crippen LogP contribution in [0.2, 0.25) is 0 Å². The molecule has 3 rings (SSSR count). The highest BCUT2D eigenvalue weighted by Gasteiger charge is 2.22. The van der Waals surface area contributed by atoms with E-state index in [-0.39, 0.29) is 23.1 Å². The number of carbonyl (C=O) groups is 1. The van der Waals surface area contributed by atoms with Crippen molar-refractivity contribution in [3.05, 3.63) is 66.1 Å². The Morgan fingerprint density at radius 2 is 1.89 bits per heavy atom. The molecule has 1 N–H and O–H groups in total. The van der Waals surface area contributed by atoms with Gasteiger partial charge in [0.25, 0.3) is 0 Å². The van der Waals surface area contributed by atoms with Crippen molar-refractivity contribution in [3.8, 4) is 0 Å². The van der Waals surface area contributed by atoms with Crippen LogP contribution in [-0.2, 0) is 26.9 Å². The van der Waals surface area contributed by atoms with Crippen molar-refractivity contribution in [1.29, 1.82) is 0 Å². The molecule has 0 unspecified atom stereocenters. The van der Waals surface area contributed by atoms with Crippen molar-refractivity contribution >= 4 is 26.6 Å². The van der Waals surface area contributed by atoms with Gasteiger partial charge in [0.05, 0.1) is 10.6 Å². The normalized spacial score (nSPS) is 11.9. The molecular formula is C21H23FN2O3S. The van der Waals surface area contributed by atoms with Crippen molar-refractivity contribution in [2.45, 2.75) is 31.0 Å². The maximum atomic E-state index is 13.4. The second-order valence-electron chi connectivity index (χ2n) is 7.23. The minimum Gasteiger partial charge on any atom is -0.354 e. The van der Waals surface area contributed by atoms with Gasteiger partial charge in [-0.1, -0.05) is 44.2 Å². The van der Waals surface area contributed by atoms with E-state index in [1.807, 2.05) is 13.8 Å². The van der Waals surface area contributed by atoms with E-state index in [0.29, 0.717) is 28.9 Å². The van der Waals surface area contributed by atoms with Gasteiger partial charge in [-0.15, -0.1) is 0 Å². The van der Waals surface area contributed by atoms with Crippen LogP contribution in [0, 0.1) is 11.7 Å². The Balaban J connectivity index is 1.94. The quantitative estimate of drug-likeness (QED) is 0.657. The summed E-state index contributed by atoms with van der Waals surface area (Å²) in [5.74, 6) is -0.633. The molecular weight excluding hydrogens is 379 g/mol. The lowest BCUT2D eigenvalue weighted by atomic mass is 10.2. The lowest BCUT2D eigenvalue weighted by Crippen LogP contribution is -2.30. The number of hydrogen-bond acceptors (Lipinski definition) is 3. The summed E-state index contributed by atoms with van der Waals surface area (Å²) < 4.78 is 41.1. The fourth-order valence-electron chi connectivity index (χ4n) is 3.04. The second-order valence-corrected chi connectivity index (χ2v) is 9.18. The zero-order valence-corrected chi connectivity index (χ0v) is 16.7. The van der Waals surface area contributed by atoms with E-state index < -0.39 is 15.7 Å². The molecule has 0 aliphatic heterocycles. The molecule has 0 saturated heterocycles. The van der Waals surface area contributed by atoms with Gasteiger partial charge < -0.3 is 9.88 Å². The van der Waals surface area contributed by atoms with Crippen LogP contribution in [0.5, 0.6) is 0 Å². The number of halogens is 1. The van der Waals surface area contributed by atoms with E-state index in [1.165, 1.54) is 24.4 Å². The minimum atomic E-state index is -3.72. The molecule has 7 heteroatoms. The van der Waals surface area contributed by atoms with E-state index in [1.54, 1.807) is 34.9 Å². The molecule has 1 aromatic heterocycles. The smallest absolute Gasteiger partial charge is 0.239 e. The molecule has 5 nitrogen and oxygen atoms in total. The molecule has 0 aliphatic carbocycles. The third kappa shape index (κ3) is 4.59. The van der Waals surface area contributed by atoms with Gasteiger partial charge in [0.15, 0.2) is 9.84 Å². The molecule has 0 atom stereocenters. The highest BCUT2D eigenvalue weighted by Crippen LogP contribution is 2.28. The van der Waals surface area contributed by atoms with Gasteiger partial charge in [-0.3, -0.25) is 4.79 Å². The van der Waals surface area contributed by atoms with Crippen molar-refractivity contribution in [3.63, 3.8) is 0 Å². The lowest BCUT2D eigenvalue weighted by Gasteiger charge is -2.09. The summed E-state index contributed by atoms with van der Waals surface area (Å²) in [6, 6.07) is 12.6. The Labute approximate surface area is 164 Å². The van der Waals surface area contributed by atoms with Crippen LogP contribution in [0.25, 0.3) is 10.9 Å². The molecule has 0 bridgehead atoms. The first-order valence-electron chi connectivity index (χ1n) is 9.08. The van der Waals surface area contributed by atoms with E-state index in [9.17, 15) is 17.6 Å². The predicted molar refractivity (Wildman–Crippen MR) is 107 cm³/mol. The Morgan fingerprint density at radius 1 is 1.14 bits per heavy atom. The fourth-order valence-corrected chi connectivity index (χ4v) is 4.61. The number of para-hydroxylation sites is 1. The van der Waals surface area contributed by atoms with Crippen molar-refractivity contribution in [2.75, 3.05) is 6.54 Å². The summed E-state index contributed by atoms with van der Waals surface area (Å²) >= 11 is 0. The molecule has 0 fully saturated rings. The number of fused-ring (bicyclic) bond motifs is 1. The zero-order valence-electron chi connectivity index (χ0n) is 15.9. The first-order chi connectivity index (χ1) is 13.3. The van der Waals surface area contributed by atoms with E-state index in [4.69, 9.17) is 0 Å². The Kier molecular flexibility index (Phi) is 5.84. The molecule has 1 amide bonds. The van der Waals surface area contributed by atoms with Crippen LogP contribution < -0.4 is 5.32 Å². The number of aromatic nitrogens is 1. The van der Waals surface area contributed by atoms with E-state index in [2.05, 4.69) is 5.32 Å². The van der Waals surface area contributed by atoms with Crippen molar-refractivity contribution in [2.24, 2.45) is 5.92 Å². The molecule has 0 saturated carbocycles.